The minimum Gasteiger partial charge on any atom is -0.477 e. The Morgan fingerprint density at radius 2 is 2.05 bits per heavy atom. The molecule has 1 amide bonds. The van der Waals surface area contributed by atoms with E-state index in [2.05, 4.69) is 21.8 Å². The van der Waals surface area contributed by atoms with Crippen LogP contribution in [0.2, 0.25) is 0 Å². The number of nitrogens with zero attached hydrogens (tertiary/aromatic N) is 4. The van der Waals surface area contributed by atoms with Gasteiger partial charge in [-0.1, -0.05) is 6.92 Å². The van der Waals surface area contributed by atoms with E-state index in [-0.39, 0.29) is 5.92 Å². The average molecular weight is 290 g/mol. The van der Waals surface area contributed by atoms with Gasteiger partial charge in [0.1, 0.15) is 0 Å². The molecular formula is C15H22N4O2. The summed E-state index contributed by atoms with van der Waals surface area (Å²) in [5.41, 5.74) is 0. The predicted molar refractivity (Wildman–Crippen MR) is 79.3 cm³/mol. The number of amides is 1. The topological polar surface area (TPSA) is 58.6 Å². The average Bonchev–Trinajstić information content (AvgIpc) is 3.24. The number of hydrogen-bond donors (Lipinski definition) is 0. The Hall–Kier alpha value is -1.85. The van der Waals surface area contributed by atoms with Crippen molar-refractivity contribution in [2.24, 2.45) is 11.8 Å². The van der Waals surface area contributed by atoms with Crippen molar-refractivity contribution in [3.05, 3.63) is 12.4 Å². The number of anilines is 1. The molecule has 1 aliphatic heterocycles. The van der Waals surface area contributed by atoms with Crippen LogP contribution in [0.15, 0.2) is 12.4 Å². The van der Waals surface area contributed by atoms with Gasteiger partial charge in [-0.3, -0.25) is 9.78 Å². The molecule has 0 aromatic carbocycles. The van der Waals surface area contributed by atoms with Gasteiger partial charge >= 0.3 is 0 Å². The molecule has 0 bridgehead atoms. The van der Waals surface area contributed by atoms with E-state index in [1.165, 1.54) is 0 Å². The van der Waals surface area contributed by atoms with Gasteiger partial charge in [-0.15, -0.1) is 0 Å². The minimum absolute atomic E-state index is 0.276. The van der Waals surface area contributed by atoms with Gasteiger partial charge < -0.3 is 14.5 Å². The molecule has 2 fully saturated rings. The first-order valence-corrected chi connectivity index (χ1v) is 7.67. The van der Waals surface area contributed by atoms with Gasteiger partial charge in [0.15, 0.2) is 5.82 Å². The molecule has 2 heterocycles. The molecule has 2 aliphatic rings. The van der Waals surface area contributed by atoms with E-state index < -0.39 is 0 Å². The van der Waals surface area contributed by atoms with E-state index in [4.69, 9.17) is 4.74 Å². The van der Waals surface area contributed by atoms with E-state index in [0.717, 1.165) is 38.4 Å². The zero-order valence-electron chi connectivity index (χ0n) is 12.7. The van der Waals surface area contributed by atoms with E-state index >= 15 is 0 Å². The lowest BCUT2D eigenvalue weighted by molar-refractivity contribution is -0.133. The summed E-state index contributed by atoms with van der Waals surface area (Å²) in [7, 11) is 0. The summed E-state index contributed by atoms with van der Waals surface area (Å²) >= 11 is 0. The fourth-order valence-electron chi connectivity index (χ4n) is 2.76. The van der Waals surface area contributed by atoms with Gasteiger partial charge in [0, 0.05) is 32.1 Å². The maximum atomic E-state index is 12.2. The first-order chi connectivity index (χ1) is 10.2. The highest BCUT2D eigenvalue weighted by molar-refractivity contribution is 5.81. The number of carbonyl (C=O) groups excluding carboxylic acids is 1. The molecule has 1 saturated heterocycles. The third-order valence-corrected chi connectivity index (χ3v) is 4.23. The Morgan fingerprint density at radius 1 is 1.33 bits per heavy atom. The summed E-state index contributed by atoms with van der Waals surface area (Å²) in [6, 6.07) is 0. The molecule has 1 saturated carbocycles. The molecule has 2 atom stereocenters. The molecule has 3 rings (SSSR count). The largest absolute Gasteiger partial charge is 0.477 e. The van der Waals surface area contributed by atoms with Crippen LogP contribution >= 0.6 is 0 Å². The monoisotopic (exact) mass is 290 g/mol. The molecule has 1 aromatic rings. The number of ether oxygens (including phenoxy) is 1. The van der Waals surface area contributed by atoms with Crippen LogP contribution < -0.4 is 9.64 Å². The Morgan fingerprint density at radius 3 is 2.67 bits per heavy atom. The third kappa shape index (κ3) is 3.09. The van der Waals surface area contributed by atoms with E-state index in [0.29, 0.717) is 24.3 Å². The first kappa shape index (κ1) is 14.1. The lowest BCUT2D eigenvalue weighted by atomic mass is 10.2. The molecule has 21 heavy (non-hydrogen) atoms. The molecule has 6 heteroatoms. The first-order valence-electron chi connectivity index (χ1n) is 7.67. The number of aromatic nitrogens is 2. The highest BCUT2D eigenvalue weighted by Crippen LogP contribution is 2.39. The fraction of sp³-hybridized carbons (Fsp3) is 0.667. The Labute approximate surface area is 125 Å². The summed E-state index contributed by atoms with van der Waals surface area (Å²) in [4.78, 5) is 25.0. The van der Waals surface area contributed by atoms with Crippen LogP contribution in [0.5, 0.6) is 5.88 Å². The van der Waals surface area contributed by atoms with Gasteiger partial charge in [-0.05, 0) is 19.3 Å². The molecule has 0 spiro atoms. The highest BCUT2D eigenvalue weighted by Gasteiger charge is 2.42. The van der Waals surface area contributed by atoms with Crippen LogP contribution in [-0.2, 0) is 4.79 Å². The molecular weight excluding hydrogens is 268 g/mol. The standard InChI is InChI=1S/C15H22N4O2/c1-3-21-14-10-16-9-13(17-14)18-4-6-19(7-5-18)15(20)12-8-11(12)2/h9-12H,3-8H2,1-2H3/t11-,12+/m1/s1. The molecule has 0 unspecified atom stereocenters. The van der Waals surface area contributed by atoms with E-state index in [1.807, 2.05) is 11.8 Å². The van der Waals surface area contributed by atoms with Gasteiger partial charge in [-0.2, -0.15) is 4.98 Å². The van der Waals surface area contributed by atoms with Crippen LogP contribution in [-0.4, -0.2) is 53.6 Å². The Balaban J connectivity index is 1.58. The van der Waals surface area contributed by atoms with Crippen LogP contribution in [0, 0.1) is 11.8 Å². The van der Waals surface area contributed by atoms with Crippen LogP contribution in [0.1, 0.15) is 20.3 Å². The zero-order chi connectivity index (χ0) is 14.8. The van der Waals surface area contributed by atoms with Gasteiger partial charge in [0.2, 0.25) is 11.8 Å². The molecule has 1 aromatic heterocycles. The summed E-state index contributed by atoms with van der Waals surface area (Å²) < 4.78 is 5.38. The smallest absolute Gasteiger partial charge is 0.234 e. The fourth-order valence-corrected chi connectivity index (χ4v) is 2.76. The normalized spacial score (nSPS) is 24.9. The van der Waals surface area contributed by atoms with Crippen molar-refractivity contribution in [2.45, 2.75) is 20.3 Å². The number of carbonyl (C=O) groups is 1. The van der Waals surface area contributed by atoms with Crippen molar-refractivity contribution < 1.29 is 9.53 Å². The summed E-state index contributed by atoms with van der Waals surface area (Å²) in [6.07, 6.45) is 4.44. The van der Waals surface area contributed by atoms with Crippen LogP contribution in [0.4, 0.5) is 5.82 Å². The maximum Gasteiger partial charge on any atom is 0.234 e. The van der Waals surface area contributed by atoms with Crippen LogP contribution in [0.3, 0.4) is 0 Å². The summed E-state index contributed by atoms with van der Waals surface area (Å²) in [5.74, 6) is 2.56. The highest BCUT2D eigenvalue weighted by atomic mass is 16.5. The number of hydrogen-bond acceptors (Lipinski definition) is 5. The van der Waals surface area contributed by atoms with Crippen molar-refractivity contribution in [3.63, 3.8) is 0 Å². The second kappa shape index (κ2) is 5.87. The Bertz CT molecular complexity index is 514. The molecule has 0 N–H and O–H groups in total. The lowest BCUT2D eigenvalue weighted by Crippen LogP contribution is -2.49. The van der Waals surface area contributed by atoms with Crippen molar-refractivity contribution in [3.8, 4) is 5.88 Å². The van der Waals surface area contributed by atoms with Crippen molar-refractivity contribution in [2.75, 3.05) is 37.7 Å². The molecule has 6 nitrogen and oxygen atoms in total. The van der Waals surface area contributed by atoms with Crippen molar-refractivity contribution >= 4 is 11.7 Å². The van der Waals surface area contributed by atoms with Gasteiger partial charge in [0.05, 0.1) is 19.0 Å². The van der Waals surface area contributed by atoms with E-state index in [9.17, 15) is 4.79 Å². The second-order valence-corrected chi connectivity index (χ2v) is 5.78. The van der Waals surface area contributed by atoms with Crippen molar-refractivity contribution in [1.82, 2.24) is 14.9 Å². The number of rotatable bonds is 4. The van der Waals surface area contributed by atoms with E-state index in [1.54, 1.807) is 12.4 Å². The Kier molecular flexibility index (Phi) is 3.94. The number of piperazine rings is 1. The quantitative estimate of drug-likeness (QED) is 0.833. The predicted octanol–water partition coefficient (Wildman–Crippen LogP) is 1.18. The maximum absolute atomic E-state index is 12.2. The zero-order valence-corrected chi connectivity index (χ0v) is 12.7. The van der Waals surface area contributed by atoms with Crippen molar-refractivity contribution in [1.29, 1.82) is 0 Å². The lowest BCUT2D eigenvalue weighted by Gasteiger charge is -2.35. The molecule has 1 aliphatic carbocycles. The molecule has 0 radical (unpaired) electrons. The van der Waals surface area contributed by atoms with Crippen LogP contribution in [0.25, 0.3) is 0 Å². The second-order valence-electron chi connectivity index (χ2n) is 5.78. The molecule has 114 valence electrons. The summed E-state index contributed by atoms with van der Waals surface area (Å²) in [6.45, 7) is 7.80. The third-order valence-electron chi connectivity index (χ3n) is 4.23. The van der Waals surface area contributed by atoms with Gasteiger partial charge in [0.25, 0.3) is 0 Å². The van der Waals surface area contributed by atoms with Gasteiger partial charge in [-0.25, -0.2) is 0 Å². The summed E-state index contributed by atoms with van der Waals surface area (Å²) in [5, 5.41) is 0. The SMILES string of the molecule is CCOc1cncc(N2CCN(C(=O)[C@H]3C[C@H]3C)CC2)n1. The minimum atomic E-state index is 0.276.